The predicted octanol–water partition coefficient (Wildman–Crippen LogP) is 1.21. The molecule has 0 atom stereocenters. The van der Waals surface area contributed by atoms with E-state index in [9.17, 15) is 0 Å². The molecule has 3 N–H and O–H groups in total. The number of nitrogens with zero attached hydrogens (tertiary/aromatic N) is 6. The molecule has 0 aliphatic heterocycles. The van der Waals surface area contributed by atoms with E-state index in [0.29, 0.717) is 25.0 Å². The molecular formula is C15H22N8S. The zero-order valence-corrected chi connectivity index (χ0v) is 14.8. The van der Waals surface area contributed by atoms with Gasteiger partial charge in [-0.15, -0.1) is 10.2 Å². The molecule has 0 radical (unpaired) electrons. The standard InChI is InChI=1S/C15H22N8S/c1-3-22-13(19-20-14(22)10-4-11(16)5-10)7-17-6-12-8-23-15(18-12)24-9(2)21-23/h8,10-11,17H,3-7,16H2,1-2H3. The van der Waals surface area contributed by atoms with Crippen molar-refractivity contribution in [1.82, 2.24) is 34.7 Å². The van der Waals surface area contributed by atoms with Crippen molar-refractivity contribution >= 4 is 16.3 Å². The van der Waals surface area contributed by atoms with Crippen LogP contribution in [0.5, 0.6) is 0 Å². The molecule has 3 aromatic heterocycles. The predicted molar refractivity (Wildman–Crippen MR) is 91.8 cm³/mol. The van der Waals surface area contributed by atoms with Gasteiger partial charge >= 0.3 is 0 Å². The third-order valence-corrected chi connectivity index (χ3v) is 5.33. The Labute approximate surface area is 144 Å². The SMILES string of the molecule is CCn1c(CNCc2cn3nc(C)sc3n2)nnc1C1CC(N)C1. The summed E-state index contributed by atoms with van der Waals surface area (Å²) in [4.78, 5) is 5.51. The molecule has 0 aromatic carbocycles. The fourth-order valence-corrected chi connectivity index (χ4v) is 3.97. The Morgan fingerprint density at radius 3 is 2.88 bits per heavy atom. The van der Waals surface area contributed by atoms with E-state index in [1.54, 1.807) is 11.3 Å². The summed E-state index contributed by atoms with van der Waals surface area (Å²) in [6, 6.07) is 0.325. The van der Waals surface area contributed by atoms with Crippen LogP contribution in [0.15, 0.2) is 6.20 Å². The Balaban J connectivity index is 1.39. The van der Waals surface area contributed by atoms with Crippen molar-refractivity contribution in [3.63, 3.8) is 0 Å². The van der Waals surface area contributed by atoms with Crippen molar-refractivity contribution in [3.05, 3.63) is 28.5 Å². The number of hydrogen-bond donors (Lipinski definition) is 2. The van der Waals surface area contributed by atoms with Crippen LogP contribution in [-0.4, -0.2) is 35.4 Å². The molecule has 9 heteroatoms. The number of aromatic nitrogens is 6. The molecule has 0 amide bonds. The van der Waals surface area contributed by atoms with Gasteiger partial charge in [-0.3, -0.25) is 0 Å². The normalized spacial score (nSPS) is 20.6. The second kappa shape index (κ2) is 6.23. The van der Waals surface area contributed by atoms with E-state index < -0.39 is 0 Å². The van der Waals surface area contributed by atoms with Gasteiger partial charge in [-0.05, 0) is 26.7 Å². The van der Waals surface area contributed by atoms with Crippen molar-refractivity contribution in [1.29, 1.82) is 0 Å². The number of nitrogens with one attached hydrogen (secondary N) is 1. The van der Waals surface area contributed by atoms with Gasteiger partial charge in [0, 0.05) is 25.0 Å². The van der Waals surface area contributed by atoms with Crippen LogP contribution in [0.2, 0.25) is 0 Å². The molecule has 8 nitrogen and oxygen atoms in total. The second-order valence-electron chi connectivity index (χ2n) is 6.33. The van der Waals surface area contributed by atoms with Gasteiger partial charge in [0.05, 0.1) is 18.4 Å². The van der Waals surface area contributed by atoms with Crippen molar-refractivity contribution in [2.75, 3.05) is 0 Å². The zero-order valence-electron chi connectivity index (χ0n) is 13.9. The molecule has 1 aliphatic rings. The fourth-order valence-electron chi connectivity index (χ4n) is 3.23. The van der Waals surface area contributed by atoms with E-state index >= 15 is 0 Å². The maximum absolute atomic E-state index is 5.90. The highest BCUT2D eigenvalue weighted by molar-refractivity contribution is 7.16. The Bertz CT molecular complexity index is 810. The molecule has 128 valence electrons. The van der Waals surface area contributed by atoms with Crippen LogP contribution in [0.3, 0.4) is 0 Å². The first-order valence-corrected chi connectivity index (χ1v) is 9.15. The summed E-state index contributed by atoms with van der Waals surface area (Å²) in [5.74, 6) is 2.52. The highest BCUT2D eigenvalue weighted by atomic mass is 32.1. The Morgan fingerprint density at radius 1 is 1.33 bits per heavy atom. The summed E-state index contributed by atoms with van der Waals surface area (Å²) < 4.78 is 4.05. The summed E-state index contributed by atoms with van der Waals surface area (Å²) in [5.41, 5.74) is 6.89. The number of aryl methyl sites for hydroxylation is 1. The topological polar surface area (TPSA) is 99.0 Å². The van der Waals surface area contributed by atoms with Gasteiger partial charge in [0.1, 0.15) is 16.7 Å². The molecule has 0 unspecified atom stereocenters. The number of rotatable bonds is 6. The number of nitrogens with two attached hydrogens (primary N) is 1. The first-order valence-electron chi connectivity index (χ1n) is 8.34. The molecule has 0 bridgehead atoms. The van der Waals surface area contributed by atoms with Crippen molar-refractivity contribution < 1.29 is 0 Å². The van der Waals surface area contributed by atoms with Crippen LogP contribution in [0.25, 0.3) is 4.96 Å². The molecule has 0 saturated heterocycles. The highest BCUT2D eigenvalue weighted by Crippen LogP contribution is 2.34. The van der Waals surface area contributed by atoms with Crippen molar-refractivity contribution in [3.8, 4) is 0 Å². The first-order chi connectivity index (χ1) is 11.6. The van der Waals surface area contributed by atoms with Gasteiger partial charge in [-0.2, -0.15) is 5.10 Å². The minimum Gasteiger partial charge on any atom is -0.328 e. The zero-order chi connectivity index (χ0) is 16.7. The lowest BCUT2D eigenvalue weighted by Crippen LogP contribution is -2.36. The van der Waals surface area contributed by atoms with E-state index in [1.807, 2.05) is 17.6 Å². The summed E-state index contributed by atoms with van der Waals surface area (Å²) in [6.45, 7) is 6.37. The second-order valence-corrected chi connectivity index (χ2v) is 7.49. The van der Waals surface area contributed by atoms with Gasteiger partial charge in [-0.25, -0.2) is 9.50 Å². The van der Waals surface area contributed by atoms with Crippen LogP contribution >= 0.6 is 11.3 Å². The van der Waals surface area contributed by atoms with E-state index in [1.165, 1.54) is 0 Å². The third-order valence-electron chi connectivity index (χ3n) is 4.50. The van der Waals surface area contributed by atoms with E-state index in [-0.39, 0.29) is 0 Å². The summed E-state index contributed by atoms with van der Waals surface area (Å²) >= 11 is 1.60. The number of imidazole rings is 1. The largest absolute Gasteiger partial charge is 0.328 e. The van der Waals surface area contributed by atoms with Crippen LogP contribution in [0.1, 0.15) is 48.0 Å². The van der Waals surface area contributed by atoms with E-state index in [4.69, 9.17) is 5.73 Å². The minimum absolute atomic E-state index is 0.325. The Hall–Kier alpha value is -1.84. The molecule has 1 saturated carbocycles. The van der Waals surface area contributed by atoms with Gasteiger partial charge < -0.3 is 15.6 Å². The summed E-state index contributed by atoms with van der Waals surface area (Å²) in [6.07, 6.45) is 4.00. The molecule has 1 fully saturated rings. The molecule has 24 heavy (non-hydrogen) atoms. The smallest absolute Gasteiger partial charge is 0.212 e. The van der Waals surface area contributed by atoms with Gasteiger partial charge in [0.2, 0.25) is 4.96 Å². The van der Waals surface area contributed by atoms with E-state index in [0.717, 1.165) is 46.7 Å². The fraction of sp³-hybridized carbons (Fsp3) is 0.600. The van der Waals surface area contributed by atoms with Crippen LogP contribution in [0.4, 0.5) is 0 Å². The maximum atomic E-state index is 5.90. The third kappa shape index (κ3) is 2.83. The Morgan fingerprint density at radius 2 is 2.17 bits per heavy atom. The van der Waals surface area contributed by atoms with Crippen LogP contribution in [0, 0.1) is 6.92 Å². The maximum Gasteiger partial charge on any atom is 0.212 e. The lowest BCUT2D eigenvalue weighted by atomic mass is 9.80. The molecule has 3 aromatic rings. The minimum atomic E-state index is 0.325. The Kier molecular flexibility index (Phi) is 4.07. The van der Waals surface area contributed by atoms with E-state index in [2.05, 4.69) is 37.1 Å². The quantitative estimate of drug-likeness (QED) is 0.696. The molecular weight excluding hydrogens is 324 g/mol. The number of hydrogen-bond acceptors (Lipinski definition) is 7. The average molecular weight is 346 g/mol. The molecule has 1 aliphatic carbocycles. The summed E-state index contributed by atoms with van der Waals surface area (Å²) in [5, 5.41) is 17.6. The van der Waals surface area contributed by atoms with Crippen LogP contribution in [-0.2, 0) is 19.6 Å². The molecule has 3 heterocycles. The monoisotopic (exact) mass is 346 g/mol. The lowest BCUT2D eigenvalue weighted by Gasteiger charge is -2.31. The van der Waals surface area contributed by atoms with Crippen LogP contribution < -0.4 is 11.1 Å². The van der Waals surface area contributed by atoms with Crippen molar-refractivity contribution in [2.45, 2.75) is 58.3 Å². The average Bonchev–Trinajstić information content (AvgIpc) is 3.16. The number of fused-ring (bicyclic) bond motifs is 1. The van der Waals surface area contributed by atoms with Gasteiger partial charge in [-0.1, -0.05) is 11.3 Å². The highest BCUT2D eigenvalue weighted by Gasteiger charge is 2.31. The molecule has 0 spiro atoms. The van der Waals surface area contributed by atoms with Crippen molar-refractivity contribution in [2.24, 2.45) is 5.73 Å². The van der Waals surface area contributed by atoms with Gasteiger partial charge in [0.25, 0.3) is 0 Å². The lowest BCUT2D eigenvalue weighted by molar-refractivity contribution is 0.328. The van der Waals surface area contributed by atoms with Gasteiger partial charge in [0.15, 0.2) is 0 Å². The molecule has 4 rings (SSSR count). The first kappa shape index (κ1) is 15.7. The summed E-state index contributed by atoms with van der Waals surface area (Å²) in [7, 11) is 0.